The summed E-state index contributed by atoms with van der Waals surface area (Å²) in [5, 5.41) is 4.65. The maximum Gasteiger partial charge on any atom is 0.322 e. The number of benzene rings is 2. The number of nitrogens with zero attached hydrogens (tertiary/aromatic N) is 2. The van der Waals surface area contributed by atoms with E-state index in [1.165, 1.54) is 23.1 Å². The van der Waals surface area contributed by atoms with Gasteiger partial charge in [0.1, 0.15) is 12.4 Å². The number of urea groups is 1. The molecule has 8 heteroatoms. The van der Waals surface area contributed by atoms with E-state index >= 15 is 0 Å². The van der Waals surface area contributed by atoms with Gasteiger partial charge in [0.25, 0.3) is 0 Å². The summed E-state index contributed by atoms with van der Waals surface area (Å²) < 4.78 is 13.5. The van der Waals surface area contributed by atoms with Crippen molar-refractivity contribution in [3.05, 3.63) is 87.3 Å². The largest absolute Gasteiger partial charge is 0.332 e. The minimum Gasteiger partial charge on any atom is -0.332 e. The first-order chi connectivity index (χ1) is 16.4. The maximum absolute atomic E-state index is 13.5. The Hall–Kier alpha value is -2.90. The second-order valence-corrected chi connectivity index (χ2v) is 9.71. The minimum atomic E-state index is -0.559. The smallest absolute Gasteiger partial charge is 0.322 e. The molecule has 0 bridgehead atoms. The fourth-order valence-electron chi connectivity index (χ4n) is 3.39. The molecule has 3 amide bonds. The highest BCUT2D eigenvalue weighted by Crippen LogP contribution is 2.20. The third kappa shape index (κ3) is 7.57. The lowest BCUT2D eigenvalue weighted by Crippen LogP contribution is -2.45. The highest BCUT2D eigenvalue weighted by molar-refractivity contribution is 7.09. The monoisotopic (exact) mass is 501 g/mol. The molecular weight excluding hydrogens is 473 g/mol. The molecule has 2 aromatic carbocycles. The van der Waals surface area contributed by atoms with Crippen molar-refractivity contribution in [3.63, 3.8) is 0 Å². The number of thiophene rings is 1. The first kappa shape index (κ1) is 25.7. The molecule has 0 spiro atoms. The second kappa shape index (κ2) is 12.5. The minimum absolute atomic E-state index is 0.0662. The molecule has 1 heterocycles. The van der Waals surface area contributed by atoms with E-state index in [1.807, 2.05) is 61.7 Å². The Bertz CT molecular complexity index is 1080. The van der Waals surface area contributed by atoms with Crippen LogP contribution < -0.4 is 5.32 Å². The predicted octanol–water partition coefficient (Wildman–Crippen LogP) is 6.65. The van der Waals surface area contributed by atoms with Crippen LogP contribution in [0.15, 0.2) is 66.0 Å². The van der Waals surface area contributed by atoms with Gasteiger partial charge in [-0.3, -0.25) is 4.79 Å². The van der Waals surface area contributed by atoms with E-state index < -0.39 is 11.8 Å². The summed E-state index contributed by atoms with van der Waals surface area (Å²) in [7, 11) is 0. The summed E-state index contributed by atoms with van der Waals surface area (Å²) in [4.78, 5) is 30.9. The summed E-state index contributed by atoms with van der Waals surface area (Å²) in [6, 6.07) is 17.3. The summed E-state index contributed by atoms with van der Waals surface area (Å²) in [5.74, 6) is -0.500. The van der Waals surface area contributed by atoms with Gasteiger partial charge in [-0.2, -0.15) is 0 Å². The number of halogens is 2. The summed E-state index contributed by atoms with van der Waals surface area (Å²) in [6.07, 6.45) is 0.864. The van der Waals surface area contributed by atoms with Crippen molar-refractivity contribution in [2.24, 2.45) is 5.92 Å². The van der Waals surface area contributed by atoms with Gasteiger partial charge in [-0.1, -0.05) is 68.3 Å². The Kier molecular flexibility index (Phi) is 9.48. The third-order valence-corrected chi connectivity index (χ3v) is 6.66. The third-order valence-electron chi connectivity index (χ3n) is 5.51. The van der Waals surface area contributed by atoms with Crippen molar-refractivity contribution in [1.29, 1.82) is 0 Å². The molecule has 1 aromatic heterocycles. The van der Waals surface area contributed by atoms with Crippen LogP contribution in [0.5, 0.6) is 0 Å². The first-order valence-corrected chi connectivity index (χ1v) is 12.5. The Labute approximate surface area is 209 Å². The molecule has 0 saturated carbocycles. The Morgan fingerprint density at radius 1 is 1.06 bits per heavy atom. The standard InChI is InChI=1S/C26H29ClFN3O2S/c1-3-19(2)15-31(26(33)29-21-11-12-24(28)23(27)14-21)18-25(32)30(17-22-10-7-13-34-22)16-20-8-5-4-6-9-20/h4-14,19H,3,15-18H2,1-2H3,(H,29,33)/t19-/m1/s1. The number of hydrogen-bond acceptors (Lipinski definition) is 3. The SMILES string of the molecule is CC[C@@H](C)CN(CC(=O)N(Cc1ccccc1)Cc1cccs1)C(=O)Nc1ccc(F)c(Cl)c1. The molecule has 0 saturated heterocycles. The average Bonchev–Trinajstić information content (AvgIpc) is 3.34. The molecule has 180 valence electrons. The Balaban J connectivity index is 1.77. The molecule has 0 aliphatic heterocycles. The first-order valence-electron chi connectivity index (χ1n) is 11.2. The van der Waals surface area contributed by atoms with Crippen LogP contribution in [0.25, 0.3) is 0 Å². The summed E-state index contributed by atoms with van der Waals surface area (Å²) in [6.45, 7) is 5.35. The van der Waals surface area contributed by atoms with Gasteiger partial charge in [-0.15, -0.1) is 11.3 Å². The topological polar surface area (TPSA) is 52.7 Å². The van der Waals surface area contributed by atoms with Crippen LogP contribution >= 0.6 is 22.9 Å². The van der Waals surface area contributed by atoms with E-state index in [9.17, 15) is 14.0 Å². The lowest BCUT2D eigenvalue weighted by Gasteiger charge is -2.29. The van der Waals surface area contributed by atoms with Crippen LogP contribution in [0.3, 0.4) is 0 Å². The molecule has 1 atom stereocenters. The van der Waals surface area contributed by atoms with Gasteiger partial charge in [0, 0.05) is 23.7 Å². The van der Waals surface area contributed by atoms with Crippen LogP contribution in [0, 0.1) is 11.7 Å². The molecule has 5 nitrogen and oxygen atoms in total. The lowest BCUT2D eigenvalue weighted by atomic mass is 10.1. The van der Waals surface area contributed by atoms with Crippen LogP contribution in [0.2, 0.25) is 5.02 Å². The Morgan fingerprint density at radius 2 is 1.82 bits per heavy atom. The van der Waals surface area contributed by atoms with Gasteiger partial charge in [0.2, 0.25) is 5.91 Å². The molecule has 0 radical (unpaired) electrons. The quantitative estimate of drug-likeness (QED) is 0.338. The summed E-state index contributed by atoms with van der Waals surface area (Å²) in [5.41, 5.74) is 1.39. The fourth-order valence-corrected chi connectivity index (χ4v) is 4.29. The molecule has 0 unspecified atom stereocenters. The van der Waals surface area contributed by atoms with Gasteiger partial charge < -0.3 is 15.1 Å². The van der Waals surface area contributed by atoms with E-state index in [2.05, 4.69) is 5.32 Å². The second-order valence-electron chi connectivity index (χ2n) is 8.27. The van der Waals surface area contributed by atoms with E-state index in [4.69, 9.17) is 11.6 Å². The van der Waals surface area contributed by atoms with E-state index in [0.29, 0.717) is 25.3 Å². The van der Waals surface area contributed by atoms with Gasteiger partial charge in [-0.25, -0.2) is 9.18 Å². The molecule has 0 aliphatic carbocycles. The highest BCUT2D eigenvalue weighted by atomic mass is 35.5. The van der Waals surface area contributed by atoms with Crippen molar-refractivity contribution >= 4 is 40.6 Å². The highest BCUT2D eigenvalue weighted by Gasteiger charge is 2.23. The van der Waals surface area contributed by atoms with E-state index in [1.54, 1.807) is 16.2 Å². The van der Waals surface area contributed by atoms with E-state index in [0.717, 1.165) is 16.9 Å². The zero-order valence-corrected chi connectivity index (χ0v) is 20.9. The van der Waals surface area contributed by atoms with Gasteiger partial charge in [0.15, 0.2) is 0 Å². The number of nitrogens with one attached hydrogen (secondary N) is 1. The van der Waals surface area contributed by atoms with E-state index in [-0.39, 0.29) is 23.4 Å². The van der Waals surface area contributed by atoms with Crippen molar-refractivity contribution in [3.8, 4) is 0 Å². The number of anilines is 1. The maximum atomic E-state index is 13.5. The molecule has 0 fully saturated rings. The van der Waals surface area contributed by atoms with Crippen LogP contribution in [-0.2, 0) is 17.9 Å². The zero-order chi connectivity index (χ0) is 24.5. The van der Waals surface area contributed by atoms with Gasteiger partial charge in [-0.05, 0) is 41.1 Å². The number of carbonyl (C=O) groups is 2. The van der Waals surface area contributed by atoms with Crippen molar-refractivity contribution < 1.29 is 14.0 Å². The van der Waals surface area contributed by atoms with Crippen LogP contribution in [-0.4, -0.2) is 34.8 Å². The average molecular weight is 502 g/mol. The van der Waals surface area contributed by atoms with Crippen molar-refractivity contribution in [1.82, 2.24) is 9.80 Å². The van der Waals surface area contributed by atoms with Crippen molar-refractivity contribution in [2.75, 3.05) is 18.4 Å². The number of carbonyl (C=O) groups excluding carboxylic acids is 2. The molecule has 34 heavy (non-hydrogen) atoms. The zero-order valence-electron chi connectivity index (χ0n) is 19.3. The van der Waals surface area contributed by atoms with Gasteiger partial charge >= 0.3 is 6.03 Å². The molecule has 0 aliphatic rings. The Morgan fingerprint density at radius 3 is 2.47 bits per heavy atom. The van der Waals surface area contributed by atoms with Crippen LogP contribution in [0.4, 0.5) is 14.9 Å². The molecule has 3 rings (SSSR count). The van der Waals surface area contributed by atoms with Crippen molar-refractivity contribution in [2.45, 2.75) is 33.4 Å². The predicted molar refractivity (Wildman–Crippen MR) is 136 cm³/mol. The fraction of sp³-hybridized carbons (Fsp3) is 0.308. The molecule has 3 aromatic rings. The molecule has 1 N–H and O–H groups in total. The van der Waals surface area contributed by atoms with Gasteiger partial charge in [0.05, 0.1) is 11.6 Å². The lowest BCUT2D eigenvalue weighted by molar-refractivity contribution is -0.133. The number of hydrogen-bond donors (Lipinski definition) is 1. The normalized spacial score (nSPS) is 11.6. The molecular formula is C26H29ClFN3O2S. The number of rotatable bonds is 10. The van der Waals surface area contributed by atoms with Crippen LogP contribution in [0.1, 0.15) is 30.7 Å². The number of amides is 3. The summed E-state index contributed by atoms with van der Waals surface area (Å²) >= 11 is 7.45.